The van der Waals surface area contributed by atoms with Gasteiger partial charge in [-0.15, -0.1) is 0 Å². The number of nitrogens with one attached hydrogen (secondary N) is 1. The molecule has 2 aliphatic rings. The predicted molar refractivity (Wildman–Crippen MR) is 149 cm³/mol. The van der Waals surface area contributed by atoms with Gasteiger partial charge < -0.3 is 29.9 Å². The molecule has 3 unspecified atom stereocenters. The van der Waals surface area contributed by atoms with Crippen molar-refractivity contribution in [3.05, 3.63) is 59.2 Å². The van der Waals surface area contributed by atoms with Crippen LogP contribution in [0, 0.1) is 0 Å². The summed E-state index contributed by atoms with van der Waals surface area (Å²) in [6.07, 6.45) is 3.29. The van der Waals surface area contributed by atoms with Crippen LogP contribution in [0.25, 0.3) is 0 Å². The molecule has 2 aromatic carbocycles. The zero-order valence-corrected chi connectivity index (χ0v) is 23.1. The number of carbonyl (C=O) groups is 1. The van der Waals surface area contributed by atoms with Crippen LogP contribution in [0.4, 0.5) is 0 Å². The number of aliphatic hydroxyl groups is 2. The predicted octanol–water partition coefficient (Wildman–Crippen LogP) is 4.66. The summed E-state index contributed by atoms with van der Waals surface area (Å²) in [6, 6.07) is 13.2. The van der Waals surface area contributed by atoms with Gasteiger partial charge in [0, 0.05) is 13.0 Å². The molecule has 0 saturated carbocycles. The molecule has 1 fully saturated rings. The zero-order chi connectivity index (χ0) is 27.1. The summed E-state index contributed by atoms with van der Waals surface area (Å²) in [6.45, 7) is 10.1. The molecule has 1 saturated heterocycles. The monoisotopic (exact) mass is 524 g/mol. The lowest BCUT2D eigenvalue weighted by Crippen LogP contribution is -2.46. The first-order valence-electron chi connectivity index (χ1n) is 14.1. The van der Waals surface area contributed by atoms with Gasteiger partial charge in [0.1, 0.15) is 19.3 Å². The number of ether oxygens (including phenoxy) is 2. The molecule has 7 nitrogen and oxygen atoms in total. The molecular weight excluding hydrogens is 480 g/mol. The molecule has 2 heterocycles. The van der Waals surface area contributed by atoms with Crippen LogP contribution in [-0.2, 0) is 10.2 Å². The topological polar surface area (TPSA) is 91.3 Å². The fourth-order valence-corrected chi connectivity index (χ4v) is 5.22. The van der Waals surface area contributed by atoms with Crippen molar-refractivity contribution in [1.82, 2.24) is 10.2 Å². The number of aliphatic hydroxyl groups excluding tert-OH is 2. The summed E-state index contributed by atoms with van der Waals surface area (Å²) < 4.78 is 11.3. The van der Waals surface area contributed by atoms with Crippen molar-refractivity contribution in [3.63, 3.8) is 0 Å². The van der Waals surface area contributed by atoms with Gasteiger partial charge in [0.05, 0.1) is 12.1 Å². The standard InChI is InChI=1S/C31H44N2O5/c1-31(2,3)24-13-10-22(11-14-24)26(34)8-4-5-9-29(35)32-25(21-33-16-6-7-17-33)30(36)23-12-15-27-28(20-23)38-19-18-37-27/h10-15,20,25-26,30,34,36H,4-9,16-19,21H2,1-3H3,(H,32,35). The smallest absolute Gasteiger partial charge is 0.220 e. The molecule has 7 heteroatoms. The first kappa shape index (κ1) is 28.4. The molecule has 2 aliphatic heterocycles. The molecule has 3 atom stereocenters. The lowest BCUT2D eigenvalue weighted by Gasteiger charge is -2.29. The molecule has 1 amide bonds. The Balaban J connectivity index is 1.29. The van der Waals surface area contributed by atoms with E-state index in [1.807, 2.05) is 30.3 Å². The lowest BCUT2D eigenvalue weighted by atomic mass is 9.86. The summed E-state index contributed by atoms with van der Waals surface area (Å²) in [5.41, 5.74) is 2.95. The van der Waals surface area contributed by atoms with Crippen LogP contribution < -0.4 is 14.8 Å². The number of rotatable bonds is 11. The average molecular weight is 525 g/mol. The Hall–Kier alpha value is -2.61. The summed E-state index contributed by atoms with van der Waals surface area (Å²) in [5, 5.41) is 25.0. The minimum atomic E-state index is -0.853. The molecule has 0 bridgehead atoms. The Labute approximate surface area is 227 Å². The third kappa shape index (κ3) is 7.71. The van der Waals surface area contributed by atoms with Gasteiger partial charge in [-0.1, -0.05) is 57.5 Å². The molecule has 3 N–H and O–H groups in total. The van der Waals surface area contributed by atoms with Gasteiger partial charge in [0.2, 0.25) is 5.91 Å². The van der Waals surface area contributed by atoms with E-state index < -0.39 is 18.2 Å². The maximum Gasteiger partial charge on any atom is 0.220 e. The molecule has 208 valence electrons. The van der Waals surface area contributed by atoms with Crippen molar-refractivity contribution < 1.29 is 24.5 Å². The molecular formula is C31H44N2O5. The van der Waals surface area contributed by atoms with E-state index in [1.54, 1.807) is 0 Å². The average Bonchev–Trinajstić information content (AvgIpc) is 3.42. The number of likely N-dealkylation sites (tertiary alicyclic amines) is 1. The minimum absolute atomic E-state index is 0.0742. The molecule has 0 aromatic heterocycles. The van der Waals surface area contributed by atoms with Crippen molar-refractivity contribution in [2.45, 2.75) is 83.0 Å². The highest BCUT2D eigenvalue weighted by Gasteiger charge is 2.28. The summed E-state index contributed by atoms with van der Waals surface area (Å²) in [4.78, 5) is 15.2. The van der Waals surface area contributed by atoms with Gasteiger partial charge in [-0.25, -0.2) is 0 Å². The summed E-state index contributed by atoms with van der Waals surface area (Å²) >= 11 is 0. The number of amides is 1. The van der Waals surface area contributed by atoms with Crippen LogP contribution in [0.2, 0.25) is 0 Å². The quantitative estimate of drug-likeness (QED) is 0.370. The second kappa shape index (κ2) is 13.0. The Morgan fingerprint density at radius 1 is 0.947 bits per heavy atom. The van der Waals surface area contributed by atoms with Crippen LogP contribution in [0.3, 0.4) is 0 Å². The maximum absolute atomic E-state index is 12.9. The van der Waals surface area contributed by atoms with Crippen LogP contribution in [0.5, 0.6) is 11.5 Å². The highest BCUT2D eigenvalue weighted by atomic mass is 16.6. The fraction of sp³-hybridized carbons (Fsp3) is 0.581. The van der Waals surface area contributed by atoms with Gasteiger partial charge >= 0.3 is 0 Å². The van der Waals surface area contributed by atoms with E-state index >= 15 is 0 Å². The normalized spacial score (nSPS) is 18.1. The van der Waals surface area contributed by atoms with Gasteiger partial charge in [0.25, 0.3) is 0 Å². The number of fused-ring (bicyclic) bond motifs is 1. The zero-order valence-electron chi connectivity index (χ0n) is 23.1. The lowest BCUT2D eigenvalue weighted by molar-refractivity contribution is -0.123. The molecule has 38 heavy (non-hydrogen) atoms. The number of hydrogen-bond acceptors (Lipinski definition) is 6. The van der Waals surface area contributed by atoms with Gasteiger partial charge in [-0.3, -0.25) is 4.79 Å². The highest BCUT2D eigenvalue weighted by Crippen LogP contribution is 2.34. The van der Waals surface area contributed by atoms with Crippen LogP contribution in [0.15, 0.2) is 42.5 Å². The van der Waals surface area contributed by atoms with Gasteiger partial charge in [-0.2, -0.15) is 0 Å². The Kier molecular flexibility index (Phi) is 9.69. The first-order chi connectivity index (χ1) is 18.2. The van der Waals surface area contributed by atoms with Gasteiger partial charge in [-0.05, 0) is 73.0 Å². The van der Waals surface area contributed by atoms with Crippen molar-refractivity contribution in [3.8, 4) is 11.5 Å². The SMILES string of the molecule is CC(C)(C)c1ccc(C(O)CCCCC(=O)NC(CN2CCCC2)C(O)c2ccc3c(c2)OCCO3)cc1. The number of carbonyl (C=O) groups excluding carboxylic acids is 1. The second-order valence-corrected chi connectivity index (χ2v) is 11.7. The Morgan fingerprint density at radius 2 is 1.61 bits per heavy atom. The third-order valence-electron chi connectivity index (χ3n) is 7.58. The van der Waals surface area contributed by atoms with E-state index in [0.717, 1.165) is 37.9 Å². The Bertz CT molecular complexity index is 1040. The molecule has 0 aliphatic carbocycles. The molecule has 0 radical (unpaired) electrons. The highest BCUT2D eigenvalue weighted by molar-refractivity contribution is 5.76. The van der Waals surface area contributed by atoms with E-state index in [0.29, 0.717) is 56.1 Å². The van der Waals surface area contributed by atoms with Gasteiger partial charge in [0.15, 0.2) is 11.5 Å². The number of nitrogens with zero attached hydrogens (tertiary/aromatic N) is 1. The summed E-state index contributed by atoms with van der Waals surface area (Å²) in [5.74, 6) is 1.24. The van der Waals surface area contributed by atoms with E-state index in [9.17, 15) is 15.0 Å². The van der Waals surface area contributed by atoms with Crippen molar-refractivity contribution in [1.29, 1.82) is 0 Å². The largest absolute Gasteiger partial charge is 0.486 e. The van der Waals surface area contributed by atoms with Crippen LogP contribution in [-0.4, -0.2) is 59.9 Å². The van der Waals surface area contributed by atoms with E-state index in [-0.39, 0.29) is 11.3 Å². The minimum Gasteiger partial charge on any atom is -0.486 e. The summed E-state index contributed by atoms with van der Waals surface area (Å²) in [7, 11) is 0. The number of hydrogen-bond donors (Lipinski definition) is 3. The van der Waals surface area contributed by atoms with E-state index in [2.05, 4.69) is 43.1 Å². The van der Waals surface area contributed by atoms with E-state index in [1.165, 1.54) is 5.56 Å². The van der Waals surface area contributed by atoms with Crippen LogP contribution >= 0.6 is 0 Å². The van der Waals surface area contributed by atoms with Crippen molar-refractivity contribution in [2.75, 3.05) is 32.8 Å². The van der Waals surface area contributed by atoms with Crippen molar-refractivity contribution in [2.24, 2.45) is 0 Å². The molecule has 0 spiro atoms. The molecule has 2 aromatic rings. The number of benzene rings is 2. The van der Waals surface area contributed by atoms with Crippen molar-refractivity contribution >= 4 is 5.91 Å². The maximum atomic E-state index is 12.9. The molecule has 4 rings (SSSR count). The van der Waals surface area contributed by atoms with E-state index in [4.69, 9.17) is 9.47 Å². The number of unbranched alkanes of at least 4 members (excludes halogenated alkanes) is 1. The van der Waals surface area contributed by atoms with Crippen LogP contribution in [0.1, 0.15) is 88.2 Å². The second-order valence-electron chi connectivity index (χ2n) is 11.7. The third-order valence-corrected chi connectivity index (χ3v) is 7.58. The first-order valence-corrected chi connectivity index (χ1v) is 14.1. The fourth-order valence-electron chi connectivity index (χ4n) is 5.22. The Morgan fingerprint density at radius 3 is 2.29 bits per heavy atom.